The van der Waals surface area contributed by atoms with Crippen molar-refractivity contribution in [1.29, 1.82) is 0 Å². The molecule has 3 aromatic carbocycles. The van der Waals surface area contributed by atoms with Crippen molar-refractivity contribution >= 4 is 47.7 Å². The summed E-state index contributed by atoms with van der Waals surface area (Å²) in [5.41, 5.74) is 0.367. The Morgan fingerprint density at radius 2 is 1.33 bits per heavy atom. The van der Waals surface area contributed by atoms with E-state index in [0.717, 1.165) is 23.1 Å². The first-order valence-corrected chi connectivity index (χ1v) is 27.6. The van der Waals surface area contributed by atoms with Gasteiger partial charge in [-0.15, -0.1) is 0 Å². The fourth-order valence-electron chi connectivity index (χ4n) is 9.21. The van der Waals surface area contributed by atoms with Gasteiger partial charge in [0.25, 0.3) is 0 Å². The zero-order valence-electron chi connectivity index (χ0n) is 51.0. The maximum absolute atomic E-state index is 15.4. The molecule has 4 N–H and O–H groups in total. The fraction of sp³-hybridized carbons (Fsp3) is 0.516. The van der Waals surface area contributed by atoms with E-state index < -0.39 is 107 Å². The number of alkyl carbamates (subject to hydrolysis) is 2. The van der Waals surface area contributed by atoms with Crippen molar-refractivity contribution in [2.75, 3.05) is 33.9 Å². The number of phenols is 1. The first-order valence-electron chi connectivity index (χ1n) is 27.6. The Balaban J connectivity index is 1.67. The molecule has 4 atom stereocenters. The predicted octanol–water partition coefficient (Wildman–Crippen LogP) is 9.76. The second-order valence-electron chi connectivity index (χ2n) is 24.8. The van der Waals surface area contributed by atoms with Gasteiger partial charge in [-0.05, 0) is 129 Å². The lowest BCUT2D eigenvalue weighted by atomic mass is 9.86. The summed E-state index contributed by atoms with van der Waals surface area (Å²) >= 11 is 0. The number of carbonyl (C=O) groups excluding carboxylic acids is 8. The highest BCUT2D eigenvalue weighted by Gasteiger charge is 2.38. The van der Waals surface area contributed by atoms with Crippen LogP contribution in [0, 0.1) is 25.7 Å². The van der Waals surface area contributed by atoms with Gasteiger partial charge >= 0.3 is 24.3 Å². The van der Waals surface area contributed by atoms with Crippen LogP contribution in [0.2, 0.25) is 0 Å². The minimum absolute atomic E-state index is 0.0142. The number of benzene rings is 3. The number of ketones is 2. The topological polar surface area (TPSA) is 277 Å². The largest absolute Gasteiger partial charge is 0.514 e. The number of aryl methyl sites for hydroxylation is 2. The number of aromatic hydroxyl groups is 1. The molecule has 0 aliphatic carbocycles. The average Bonchev–Trinajstić information content (AvgIpc) is 3.44. The van der Waals surface area contributed by atoms with E-state index in [-0.39, 0.29) is 71.7 Å². The lowest BCUT2D eigenvalue weighted by molar-refractivity contribution is -0.146. The number of ether oxygens (including phenoxy) is 6. The van der Waals surface area contributed by atoms with E-state index in [1.807, 2.05) is 24.3 Å². The molecule has 1 aliphatic heterocycles. The molecular weight excluding hydrogens is 1070 g/mol. The van der Waals surface area contributed by atoms with Gasteiger partial charge in [0.2, 0.25) is 11.8 Å². The summed E-state index contributed by atoms with van der Waals surface area (Å²) in [7, 11) is 2.50. The Kier molecular flexibility index (Phi) is 21.3. The van der Waals surface area contributed by atoms with Crippen LogP contribution in [-0.2, 0) is 50.0 Å². The van der Waals surface area contributed by atoms with Gasteiger partial charge in [-0.2, -0.15) is 0 Å². The van der Waals surface area contributed by atoms with Gasteiger partial charge in [-0.3, -0.25) is 19.2 Å². The number of phenolic OH excluding ortho intramolecular Hbond substituents is 1. The average molecular weight is 1150 g/mol. The number of amides is 4. The maximum Gasteiger partial charge on any atom is 0.514 e. The molecule has 0 fully saturated rings. The Labute approximate surface area is 486 Å². The van der Waals surface area contributed by atoms with E-state index >= 15 is 9.59 Å². The Bertz CT molecular complexity index is 3050. The number of Topliss-reactive ketones (excluding diaryl/α,β-unsaturated/α-hetero) is 2. The van der Waals surface area contributed by atoms with Gasteiger partial charge < -0.3 is 54.4 Å². The number of rotatable bonds is 15. The van der Waals surface area contributed by atoms with Crippen molar-refractivity contribution in [2.24, 2.45) is 11.8 Å². The van der Waals surface area contributed by atoms with Crippen LogP contribution in [0.25, 0.3) is 22.5 Å². The van der Waals surface area contributed by atoms with Crippen molar-refractivity contribution in [1.82, 2.24) is 30.8 Å². The van der Waals surface area contributed by atoms with E-state index in [2.05, 4.69) is 36.7 Å². The van der Waals surface area contributed by atoms with Gasteiger partial charge in [0.1, 0.15) is 41.2 Å². The molecule has 21 heteroatoms. The molecule has 4 aromatic rings. The lowest BCUT2D eigenvalue weighted by Gasteiger charge is -2.32. The van der Waals surface area contributed by atoms with E-state index in [4.69, 9.17) is 38.4 Å². The zero-order valence-corrected chi connectivity index (χ0v) is 51.0. The highest BCUT2D eigenvalue weighted by atomic mass is 16.7. The Morgan fingerprint density at radius 1 is 0.747 bits per heavy atom. The molecule has 21 nitrogen and oxygen atoms in total. The molecule has 1 aromatic heterocycles. The first kappa shape index (κ1) is 65.7. The van der Waals surface area contributed by atoms with Crippen LogP contribution in [0.3, 0.4) is 0 Å². The van der Waals surface area contributed by atoms with Crippen LogP contribution in [0.4, 0.5) is 14.4 Å². The molecule has 450 valence electrons. The van der Waals surface area contributed by atoms with Crippen molar-refractivity contribution in [3.63, 3.8) is 0 Å². The molecule has 0 spiro atoms. The second-order valence-corrected chi connectivity index (χ2v) is 24.8. The number of carbonyl (C=O) groups is 8. The van der Waals surface area contributed by atoms with E-state index in [1.54, 1.807) is 76.2 Å². The summed E-state index contributed by atoms with van der Waals surface area (Å²) in [6.45, 7) is 25.8. The molecular formula is C62H82N6O15. The number of hydrogen-bond acceptors (Lipinski definition) is 17. The van der Waals surface area contributed by atoms with Crippen molar-refractivity contribution in [2.45, 2.75) is 164 Å². The van der Waals surface area contributed by atoms with E-state index in [0.29, 0.717) is 22.8 Å². The Morgan fingerprint density at radius 3 is 1.88 bits per heavy atom. The number of esters is 1. The molecule has 5 rings (SSSR count). The fourth-order valence-corrected chi connectivity index (χ4v) is 9.21. The molecule has 4 bridgehead atoms. The molecule has 0 saturated carbocycles. The summed E-state index contributed by atoms with van der Waals surface area (Å²) in [6, 6.07) is 12.1. The maximum atomic E-state index is 15.4. The number of nitrogens with zero attached hydrogens (tertiary/aromatic N) is 3. The second kappa shape index (κ2) is 26.9. The van der Waals surface area contributed by atoms with Crippen molar-refractivity contribution in [3.8, 4) is 39.8 Å². The molecule has 0 saturated heterocycles. The van der Waals surface area contributed by atoms with Crippen LogP contribution >= 0.6 is 0 Å². The summed E-state index contributed by atoms with van der Waals surface area (Å²) in [6.07, 6.45) is -3.88. The highest BCUT2D eigenvalue weighted by molar-refractivity contribution is 6.01. The number of likely N-dealkylation sites (N-methyl/N-ethyl adjacent to an activating group) is 1. The summed E-state index contributed by atoms with van der Waals surface area (Å²) in [4.78, 5) is 122. The quantitative estimate of drug-likeness (QED) is 0.0283. The molecule has 0 unspecified atom stereocenters. The van der Waals surface area contributed by atoms with Gasteiger partial charge in [0, 0.05) is 61.4 Å². The number of fused-ring (bicyclic) bond motifs is 5. The molecule has 2 heterocycles. The highest BCUT2D eigenvalue weighted by Crippen LogP contribution is 2.45. The monoisotopic (exact) mass is 1150 g/mol. The van der Waals surface area contributed by atoms with Gasteiger partial charge in [-0.1, -0.05) is 58.0 Å². The predicted molar refractivity (Wildman–Crippen MR) is 309 cm³/mol. The smallest absolute Gasteiger partial charge is 0.504 e. The SMILES string of the molecule is COC(=O)[C@@H]1Cc2cc(OCCNC(=O)OC(C)(C)C)c(O)c(c2)-c2cc(ccc2OC(=O)OC(C)(C)C)[C@H](N(C)C(=O)[C@H](CCNC(=O)OC(C)(C)C)CC(=O)c2c(C)nc(-c3ccc(C(C)(C)C)cc3)nc2C)C(=O)C[C@@H](C)C(=O)N1. The summed E-state index contributed by atoms with van der Waals surface area (Å²) in [5, 5.41) is 20.1. The molecule has 1 aliphatic rings. The van der Waals surface area contributed by atoms with Crippen LogP contribution in [-0.4, -0.2) is 124 Å². The number of nitrogens with one attached hydrogen (secondary N) is 3. The standard InChI is InChI=1S/C62H82N6O15/c1-34-28-46(70)50(68(16)54(73)40(24-25-63-56(75)81-60(7,8)9)33-45(69)49-35(2)65-52(66-36(49)3)38-18-21-41(22-19-38)59(4,5)6)39-20-23-47(80-58(77)83-62(13,14)15)42(32-39)43-29-37(30-44(55(74)78-17)67-53(34)72)31-48(51(43)71)79-27-26-64-57(76)82-61(10,11)12/h18-23,29,31-32,34,40,44,50,71H,24-28,30,33H2,1-17H3,(H,63,75)(H,64,76)(H,67,72)/t34-,40-,44+,50+/m1/s1. The van der Waals surface area contributed by atoms with Crippen LogP contribution in [0.5, 0.6) is 17.2 Å². The Hall–Kier alpha value is -8.10. The third kappa shape index (κ3) is 18.7. The van der Waals surface area contributed by atoms with Gasteiger partial charge in [0.15, 0.2) is 28.9 Å². The molecule has 0 radical (unpaired) electrons. The first-order chi connectivity index (χ1) is 38.4. The van der Waals surface area contributed by atoms with Gasteiger partial charge in [0.05, 0.1) is 30.6 Å². The number of methoxy groups -OCH3 is 1. The minimum Gasteiger partial charge on any atom is -0.504 e. The summed E-state index contributed by atoms with van der Waals surface area (Å²) in [5.74, 6) is -6.19. The summed E-state index contributed by atoms with van der Waals surface area (Å²) < 4.78 is 33.3. The van der Waals surface area contributed by atoms with Crippen LogP contribution < -0.4 is 25.4 Å². The lowest BCUT2D eigenvalue weighted by Crippen LogP contribution is -2.46. The number of hydrogen-bond donors (Lipinski definition) is 4. The molecule has 83 heavy (non-hydrogen) atoms. The number of aromatic nitrogens is 2. The third-order valence-corrected chi connectivity index (χ3v) is 13.1. The zero-order chi connectivity index (χ0) is 62.1. The third-order valence-electron chi connectivity index (χ3n) is 13.1. The van der Waals surface area contributed by atoms with E-state index in [1.165, 1.54) is 44.3 Å². The van der Waals surface area contributed by atoms with Crippen molar-refractivity contribution < 1.29 is 71.9 Å². The van der Waals surface area contributed by atoms with Crippen LogP contribution in [0.15, 0.2) is 54.6 Å². The van der Waals surface area contributed by atoms with Crippen LogP contribution in [0.1, 0.15) is 154 Å². The van der Waals surface area contributed by atoms with Gasteiger partial charge in [-0.25, -0.2) is 29.1 Å². The van der Waals surface area contributed by atoms with E-state index in [9.17, 15) is 33.9 Å². The normalized spacial score (nSPS) is 16.2. The minimum atomic E-state index is -1.54. The molecule has 4 amide bonds. The van der Waals surface area contributed by atoms with Crippen molar-refractivity contribution in [3.05, 3.63) is 88.2 Å².